The molecule has 3 heteroatoms. The summed E-state index contributed by atoms with van der Waals surface area (Å²) in [4.78, 5) is 15.2. The fraction of sp³-hybridized carbons (Fsp3) is 0.296. The van der Waals surface area contributed by atoms with Gasteiger partial charge in [-0.2, -0.15) is 0 Å². The predicted octanol–water partition coefficient (Wildman–Crippen LogP) is 7.28. The van der Waals surface area contributed by atoms with Crippen LogP contribution in [0.4, 0.5) is 4.79 Å². The molecule has 2 atom stereocenters. The number of fused-ring (bicyclic) bond motifs is 1. The molecular formula is C27H31NO2. The highest BCUT2D eigenvalue weighted by molar-refractivity contribution is 5.86. The SMILES string of the molecule is C=CC[C@@H](CCC)N(C(=O)OCc1ccccc1)[C@@H](C)c1cccc2ccccc12. The lowest BCUT2D eigenvalue weighted by molar-refractivity contribution is 0.0620. The molecule has 0 aliphatic heterocycles. The van der Waals surface area contributed by atoms with E-state index in [1.807, 2.05) is 53.4 Å². The molecule has 0 saturated carbocycles. The van der Waals surface area contributed by atoms with Gasteiger partial charge in [-0.15, -0.1) is 6.58 Å². The molecule has 0 bridgehead atoms. The molecule has 0 fully saturated rings. The summed E-state index contributed by atoms with van der Waals surface area (Å²) in [5.74, 6) is 0. The Bertz CT molecular complexity index is 962. The lowest BCUT2D eigenvalue weighted by Gasteiger charge is -2.36. The number of nitrogens with zero attached hydrogens (tertiary/aromatic N) is 1. The third kappa shape index (κ3) is 5.10. The molecule has 1 amide bonds. The van der Waals surface area contributed by atoms with E-state index in [2.05, 4.69) is 50.8 Å². The Labute approximate surface area is 180 Å². The van der Waals surface area contributed by atoms with E-state index in [9.17, 15) is 4.79 Å². The van der Waals surface area contributed by atoms with Gasteiger partial charge in [0.2, 0.25) is 0 Å². The summed E-state index contributed by atoms with van der Waals surface area (Å²) in [5, 5.41) is 2.34. The average Bonchev–Trinajstić information content (AvgIpc) is 2.78. The number of ether oxygens (including phenoxy) is 1. The maximum absolute atomic E-state index is 13.3. The first-order valence-electron chi connectivity index (χ1n) is 10.7. The van der Waals surface area contributed by atoms with Gasteiger partial charge in [-0.25, -0.2) is 4.79 Å². The molecule has 3 rings (SSSR count). The molecule has 3 aromatic carbocycles. The van der Waals surface area contributed by atoms with E-state index in [0.717, 1.165) is 30.4 Å². The summed E-state index contributed by atoms with van der Waals surface area (Å²) in [6.45, 7) is 8.43. The largest absolute Gasteiger partial charge is 0.445 e. The van der Waals surface area contributed by atoms with Crippen LogP contribution in [0.1, 0.15) is 50.3 Å². The number of carbonyl (C=O) groups is 1. The van der Waals surface area contributed by atoms with Crippen LogP contribution in [0.5, 0.6) is 0 Å². The fourth-order valence-electron chi connectivity index (χ4n) is 4.08. The van der Waals surface area contributed by atoms with E-state index < -0.39 is 0 Å². The second kappa shape index (κ2) is 10.6. The Balaban J connectivity index is 1.93. The van der Waals surface area contributed by atoms with Crippen molar-refractivity contribution in [1.82, 2.24) is 4.90 Å². The first-order valence-corrected chi connectivity index (χ1v) is 10.7. The molecule has 3 aromatic rings. The van der Waals surface area contributed by atoms with Gasteiger partial charge >= 0.3 is 6.09 Å². The first-order chi connectivity index (χ1) is 14.7. The number of benzene rings is 3. The van der Waals surface area contributed by atoms with Crippen LogP contribution in [0.2, 0.25) is 0 Å². The summed E-state index contributed by atoms with van der Waals surface area (Å²) in [6.07, 6.45) is 4.25. The first kappa shape index (κ1) is 21.6. The van der Waals surface area contributed by atoms with E-state index in [4.69, 9.17) is 4.74 Å². The third-order valence-corrected chi connectivity index (χ3v) is 5.56. The molecule has 0 unspecified atom stereocenters. The molecule has 156 valence electrons. The summed E-state index contributed by atoms with van der Waals surface area (Å²) < 4.78 is 5.77. The molecule has 30 heavy (non-hydrogen) atoms. The summed E-state index contributed by atoms with van der Waals surface area (Å²) in [7, 11) is 0. The van der Waals surface area contributed by atoms with Crippen molar-refractivity contribution < 1.29 is 9.53 Å². The number of hydrogen-bond donors (Lipinski definition) is 0. The lowest BCUT2D eigenvalue weighted by Crippen LogP contribution is -2.42. The van der Waals surface area contributed by atoms with E-state index >= 15 is 0 Å². The van der Waals surface area contributed by atoms with E-state index in [1.165, 1.54) is 10.8 Å². The molecule has 0 aliphatic carbocycles. The Morgan fingerprint density at radius 3 is 2.47 bits per heavy atom. The molecule has 3 nitrogen and oxygen atoms in total. The zero-order valence-electron chi connectivity index (χ0n) is 18.0. The molecule has 0 radical (unpaired) electrons. The smallest absolute Gasteiger partial charge is 0.410 e. The van der Waals surface area contributed by atoms with E-state index in [0.29, 0.717) is 0 Å². The summed E-state index contributed by atoms with van der Waals surface area (Å²) >= 11 is 0. The van der Waals surface area contributed by atoms with Crippen molar-refractivity contribution in [1.29, 1.82) is 0 Å². The monoisotopic (exact) mass is 401 g/mol. The number of carbonyl (C=O) groups excluding carboxylic acids is 1. The molecule has 0 heterocycles. The van der Waals surface area contributed by atoms with Crippen LogP contribution in [0.3, 0.4) is 0 Å². The minimum atomic E-state index is -0.278. The van der Waals surface area contributed by atoms with Gasteiger partial charge in [-0.1, -0.05) is 92.2 Å². The maximum Gasteiger partial charge on any atom is 0.410 e. The Kier molecular flexibility index (Phi) is 7.67. The van der Waals surface area contributed by atoms with E-state index in [-0.39, 0.29) is 24.8 Å². The maximum atomic E-state index is 13.3. The van der Waals surface area contributed by atoms with Crippen LogP contribution >= 0.6 is 0 Å². The van der Waals surface area contributed by atoms with Crippen LogP contribution < -0.4 is 0 Å². The van der Waals surface area contributed by atoms with Gasteiger partial charge in [0.25, 0.3) is 0 Å². The Morgan fingerprint density at radius 2 is 1.73 bits per heavy atom. The van der Waals surface area contributed by atoms with Gasteiger partial charge in [0.15, 0.2) is 0 Å². The van der Waals surface area contributed by atoms with Gasteiger partial charge in [-0.3, -0.25) is 4.90 Å². The van der Waals surface area contributed by atoms with Crippen molar-refractivity contribution in [3.8, 4) is 0 Å². The fourth-order valence-corrected chi connectivity index (χ4v) is 4.08. The lowest BCUT2D eigenvalue weighted by atomic mass is 9.96. The van der Waals surface area contributed by atoms with Crippen LogP contribution in [-0.4, -0.2) is 17.0 Å². The van der Waals surface area contributed by atoms with Crippen LogP contribution in [-0.2, 0) is 11.3 Å². The van der Waals surface area contributed by atoms with Crippen molar-refractivity contribution in [2.75, 3.05) is 0 Å². The highest BCUT2D eigenvalue weighted by Gasteiger charge is 2.30. The van der Waals surface area contributed by atoms with Gasteiger partial charge in [0.05, 0.1) is 6.04 Å². The molecule has 0 saturated heterocycles. The number of amides is 1. The topological polar surface area (TPSA) is 29.5 Å². The number of rotatable bonds is 9. The van der Waals surface area contributed by atoms with Crippen LogP contribution in [0.15, 0.2) is 85.5 Å². The summed E-state index contributed by atoms with van der Waals surface area (Å²) in [6, 6.07) is 24.3. The van der Waals surface area contributed by atoms with Crippen molar-refractivity contribution in [2.24, 2.45) is 0 Å². The van der Waals surface area contributed by atoms with E-state index in [1.54, 1.807) is 0 Å². The predicted molar refractivity (Wildman–Crippen MR) is 124 cm³/mol. The van der Waals surface area contributed by atoms with Crippen molar-refractivity contribution in [2.45, 2.75) is 51.8 Å². The second-order valence-corrected chi connectivity index (χ2v) is 7.66. The Morgan fingerprint density at radius 1 is 1.03 bits per heavy atom. The normalized spacial score (nSPS) is 12.9. The highest BCUT2D eigenvalue weighted by Crippen LogP contribution is 2.32. The van der Waals surface area contributed by atoms with Gasteiger partial charge in [-0.05, 0) is 41.7 Å². The minimum absolute atomic E-state index is 0.0461. The average molecular weight is 402 g/mol. The minimum Gasteiger partial charge on any atom is -0.445 e. The van der Waals surface area contributed by atoms with Crippen LogP contribution in [0.25, 0.3) is 10.8 Å². The third-order valence-electron chi connectivity index (χ3n) is 5.56. The van der Waals surface area contributed by atoms with Crippen molar-refractivity contribution in [3.63, 3.8) is 0 Å². The number of hydrogen-bond acceptors (Lipinski definition) is 2. The molecule has 0 N–H and O–H groups in total. The molecule has 0 spiro atoms. The highest BCUT2D eigenvalue weighted by atomic mass is 16.6. The van der Waals surface area contributed by atoms with Crippen molar-refractivity contribution >= 4 is 16.9 Å². The summed E-state index contributed by atoms with van der Waals surface area (Å²) in [5.41, 5.74) is 2.12. The standard InChI is InChI=1S/C27H31NO2/c1-4-12-24(13-5-2)28(27(29)30-20-22-14-7-6-8-15-22)21(3)25-19-11-17-23-16-9-10-18-26(23)25/h4,6-11,14-19,21,24H,1,5,12-13,20H2,2-3H3/t21-,24-/m0/s1. The van der Waals surface area contributed by atoms with Crippen molar-refractivity contribution in [3.05, 3.63) is 96.6 Å². The van der Waals surface area contributed by atoms with Crippen LogP contribution in [0, 0.1) is 0 Å². The zero-order chi connectivity index (χ0) is 21.3. The van der Waals surface area contributed by atoms with Gasteiger partial charge in [0, 0.05) is 6.04 Å². The molecule has 0 aromatic heterocycles. The van der Waals surface area contributed by atoms with Gasteiger partial charge < -0.3 is 4.74 Å². The zero-order valence-corrected chi connectivity index (χ0v) is 18.0. The molecular weight excluding hydrogens is 370 g/mol. The second-order valence-electron chi connectivity index (χ2n) is 7.66. The molecule has 0 aliphatic rings. The van der Waals surface area contributed by atoms with Gasteiger partial charge in [0.1, 0.15) is 6.61 Å². The Hall–Kier alpha value is -3.07. The quantitative estimate of drug-likeness (QED) is 0.352.